The Morgan fingerprint density at radius 3 is 2.35 bits per heavy atom. The zero-order valence-electron chi connectivity index (χ0n) is 12.7. The van der Waals surface area contributed by atoms with Gasteiger partial charge in [0.1, 0.15) is 5.82 Å². The highest BCUT2D eigenvalue weighted by Crippen LogP contribution is 2.23. The van der Waals surface area contributed by atoms with Crippen LogP contribution in [0.4, 0.5) is 10.1 Å². The van der Waals surface area contributed by atoms with Gasteiger partial charge in [0.25, 0.3) is 0 Å². The van der Waals surface area contributed by atoms with Gasteiger partial charge in [0.15, 0.2) is 0 Å². The SMILES string of the molecule is C[C@@H](N[C@H](C)c1ccc(Cl)cc1)C(=O)Nc1ccc(F)cc1Cl. The highest BCUT2D eigenvalue weighted by molar-refractivity contribution is 6.33. The molecular formula is C17H17Cl2FN2O. The molecule has 0 spiro atoms. The summed E-state index contributed by atoms with van der Waals surface area (Å²) in [5, 5.41) is 6.70. The van der Waals surface area contributed by atoms with Gasteiger partial charge in [-0.3, -0.25) is 10.1 Å². The molecule has 122 valence electrons. The molecule has 2 aromatic rings. The smallest absolute Gasteiger partial charge is 0.241 e. The Labute approximate surface area is 144 Å². The van der Waals surface area contributed by atoms with Crippen molar-refractivity contribution in [1.29, 1.82) is 0 Å². The van der Waals surface area contributed by atoms with Crippen LogP contribution in [0.15, 0.2) is 42.5 Å². The van der Waals surface area contributed by atoms with E-state index >= 15 is 0 Å². The third-order valence-corrected chi connectivity index (χ3v) is 4.02. The third-order valence-electron chi connectivity index (χ3n) is 3.45. The molecule has 0 saturated carbocycles. The van der Waals surface area contributed by atoms with E-state index < -0.39 is 11.9 Å². The predicted molar refractivity (Wildman–Crippen MR) is 92.5 cm³/mol. The van der Waals surface area contributed by atoms with Crippen LogP contribution in [0.1, 0.15) is 25.5 Å². The summed E-state index contributed by atoms with van der Waals surface area (Å²) in [6.45, 7) is 3.71. The van der Waals surface area contributed by atoms with Gasteiger partial charge < -0.3 is 5.32 Å². The van der Waals surface area contributed by atoms with Crippen molar-refractivity contribution in [2.24, 2.45) is 0 Å². The van der Waals surface area contributed by atoms with Crippen molar-refractivity contribution in [3.05, 3.63) is 63.9 Å². The van der Waals surface area contributed by atoms with E-state index in [-0.39, 0.29) is 17.0 Å². The van der Waals surface area contributed by atoms with Crippen LogP contribution in [0.25, 0.3) is 0 Å². The molecule has 3 nitrogen and oxygen atoms in total. The highest BCUT2D eigenvalue weighted by atomic mass is 35.5. The molecule has 6 heteroatoms. The summed E-state index contributed by atoms with van der Waals surface area (Å²) in [6, 6.07) is 10.8. The number of nitrogens with one attached hydrogen (secondary N) is 2. The Kier molecular flexibility index (Phi) is 5.99. The van der Waals surface area contributed by atoms with Gasteiger partial charge in [-0.1, -0.05) is 35.3 Å². The van der Waals surface area contributed by atoms with E-state index in [1.165, 1.54) is 12.1 Å². The first-order chi connectivity index (χ1) is 10.9. The minimum Gasteiger partial charge on any atom is -0.323 e. The standard InChI is InChI=1S/C17H17Cl2FN2O/c1-10(12-3-5-13(18)6-4-12)21-11(2)17(23)22-16-8-7-14(20)9-15(16)19/h3-11,21H,1-2H3,(H,22,23)/t10-,11-/m1/s1. The number of halogens is 3. The number of carbonyl (C=O) groups excluding carboxylic acids is 1. The Morgan fingerprint density at radius 1 is 1.09 bits per heavy atom. The van der Waals surface area contributed by atoms with E-state index in [1.54, 1.807) is 19.1 Å². The topological polar surface area (TPSA) is 41.1 Å². The quantitative estimate of drug-likeness (QED) is 0.808. The van der Waals surface area contributed by atoms with Gasteiger partial charge in [0.05, 0.1) is 16.8 Å². The van der Waals surface area contributed by atoms with Gasteiger partial charge in [-0.2, -0.15) is 0 Å². The average Bonchev–Trinajstić information content (AvgIpc) is 2.50. The van der Waals surface area contributed by atoms with Crippen molar-refractivity contribution in [3.8, 4) is 0 Å². The third kappa shape index (κ3) is 4.93. The lowest BCUT2D eigenvalue weighted by Crippen LogP contribution is -2.39. The van der Waals surface area contributed by atoms with Gasteiger partial charge >= 0.3 is 0 Å². The maximum atomic E-state index is 13.0. The molecule has 0 heterocycles. The number of carbonyl (C=O) groups is 1. The van der Waals surface area contributed by atoms with Crippen LogP contribution in [0.3, 0.4) is 0 Å². The fourth-order valence-electron chi connectivity index (χ4n) is 2.13. The molecule has 2 rings (SSSR count). The predicted octanol–water partition coefficient (Wildman–Crippen LogP) is 4.81. The van der Waals surface area contributed by atoms with Crippen LogP contribution in [0.2, 0.25) is 10.0 Å². The molecule has 2 atom stereocenters. The maximum Gasteiger partial charge on any atom is 0.241 e. The van der Waals surface area contributed by atoms with E-state index in [0.29, 0.717) is 10.7 Å². The molecule has 23 heavy (non-hydrogen) atoms. The zero-order chi connectivity index (χ0) is 17.0. The summed E-state index contributed by atoms with van der Waals surface area (Å²) in [4.78, 5) is 12.2. The van der Waals surface area contributed by atoms with Crippen LogP contribution in [0.5, 0.6) is 0 Å². The highest BCUT2D eigenvalue weighted by Gasteiger charge is 2.17. The molecular weight excluding hydrogens is 338 g/mol. The lowest BCUT2D eigenvalue weighted by Gasteiger charge is -2.20. The van der Waals surface area contributed by atoms with Crippen LogP contribution in [-0.4, -0.2) is 11.9 Å². The summed E-state index contributed by atoms with van der Waals surface area (Å²) in [5.74, 6) is -0.699. The second kappa shape index (κ2) is 7.77. The first kappa shape index (κ1) is 17.7. The lowest BCUT2D eigenvalue weighted by molar-refractivity contribution is -0.117. The Hall–Kier alpha value is -1.62. The summed E-state index contributed by atoms with van der Waals surface area (Å²) in [7, 11) is 0. The van der Waals surface area contributed by atoms with Gasteiger partial charge in [-0.05, 0) is 49.7 Å². The maximum absolute atomic E-state index is 13.0. The molecule has 0 aliphatic rings. The minimum absolute atomic E-state index is 0.0308. The molecule has 0 aliphatic carbocycles. The lowest BCUT2D eigenvalue weighted by atomic mass is 10.1. The van der Waals surface area contributed by atoms with E-state index in [9.17, 15) is 9.18 Å². The fourth-order valence-corrected chi connectivity index (χ4v) is 2.47. The Balaban J connectivity index is 1.98. The molecule has 0 bridgehead atoms. The molecule has 0 radical (unpaired) electrons. The van der Waals surface area contributed by atoms with Crippen LogP contribution < -0.4 is 10.6 Å². The van der Waals surface area contributed by atoms with Gasteiger partial charge in [0.2, 0.25) is 5.91 Å². The molecule has 0 fully saturated rings. The molecule has 0 unspecified atom stereocenters. The molecule has 1 amide bonds. The van der Waals surface area contributed by atoms with Crippen molar-refractivity contribution in [2.45, 2.75) is 25.9 Å². The van der Waals surface area contributed by atoms with Crippen LogP contribution in [0, 0.1) is 5.82 Å². The first-order valence-corrected chi connectivity index (χ1v) is 7.90. The molecule has 2 N–H and O–H groups in total. The Morgan fingerprint density at radius 2 is 1.74 bits per heavy atom. The molecule has 0 saturated heterocycles. The largest absolute Gasteiger partial charge is 0.323 e. The van der Waals surface area contributed by atoms with E-state index in [4.69, 9.17) is 23.2 Å². The van der Waals surface area contributed by atoms with Crippen molar-refractivity contribution < 1.29 is 9.18 Å². The number of rotatable bonds is 5. The number of amides is 1. The molecule has 0 aliphatic heterocycles. The van der Waals surface area contributed by atoms with Crippen molar-refractivity contribution in [3.63, 3.8) is 0 Å². The number of hydrogen-bond donors (Lipinski definition) is 2. The Bertz CT molecular complexity index is 691. The second-order valence-corrected chi connectivity index (χ2v) is 6.12. The van der Waals surface area contributed by atoms with Crippen LogP contribution in [-0.2, 0) is 4.79 Å². The second-order valence-electron chi connectivity index (χ2n) is 5.28. The van der Waals surface area contributed by atoms with E-state index in [2.05, 4.69) is 10.6 Å². The number of benzene rings is 2. The number of anilines is 1. The summed E-state index contributed by atoms with van der Waals surface area (Å²) >= 11 is 11.8. The summed E-state index contributed by atoms with van der Waals surface area (Å²) < 4.78 is 13.0. The zero-order valence-corrected chi connectivity index (χ0v) is 14.3. The van der Waals surface area contributed by atoms with Gasteiger partial charge in [-0.25, -0.2) is 4.39 Å². The summed E-state index contributed by atoms with van der Waals surface area (Å²) in [5.41, 5.74) is 1.40. The van der Waals surface area contributed by atoms with Gasteiger partial charge in [-0.15, -0.1) is 0 Å². The van der Waals surface area contributed by atoms with E-state index in [1.807, 2.05) is 19.1 Å². The number of hydrogen-bond acceptors (Lipinski definition) is 2. The minimum atomic E-state index is -0.457. The monoisotopic (exact) mass is 354 g/mol. The van der Waals surface area contributed by atoms with Crippen molar-refractivity contribution >= 4 is 34.8 Å². The molecule has 0 aromatic heterocycles. The summed E-state index contributed by atoms with van der Waals surface area (Å²) in [6.07, 6.45) is 0. The molecule has 2 aromatic carbocycles. The fraction of sp³-hybridized carbons (Fsp3) is 0.235. The van der Waals surface area contributed by atoms with Crippen LogP contribution >= 0.6 is 23.2 Å². The normalized spacial score (nSPS) is 13.4. The van der Waals surface area contributed by atoms with Crippen molar-refractivity contribution in [2.75, 3.05) is 5.32 Å². The van der Waals surface area contributed by atoms with E-state index in [0.717, 1.165) is 11.6 Å². The first-order valence-electron chi connectivity index (χ1n) is 7.14. The average molecular weight is 355 g/mol. The van der Waals surface area contributed by atoms with Gasteiger partial charge in [0, 0.05) is 11.1 Å². The van der Waals surface area contributed by atoms with Crippen molar-refractivity contribution in [1.82, 2.24) is 5.32 Å².